The molecule has 1 aliphatic heterocycles. The molecular formula is C18H17N3O5. The van der Waals surface area contributed by atoms with E-state index in [-0.39, 0.29) is 28.9 Å². The molecular weight excluding hydrogens is 338 g/mol. The Balaban J connectivity index is 1.68. The number of hydrogen-bond acceptors (Lipinski definition) is 6. The fraction of sp³-hybridized carbons (Fsp3) is 0.222. The van der Waals surface area contributed by atoms with E-state index in [1.165, 1.54) is 6.07 Å². The van der Waals surface area contributed by atoms with E-state index in [4.69, 9.17) is 10.5 Å². The third-order valence-electron chi connectivity index (χ3n) is 4.27. The highest BCUT2D eigenvalue weighted by Gasteiger charge is 2.31. The number of nitrogen functional groups attached to an aromatic ring is 1. The minimum atomic E-state index is -0.800. The second-order valence-electron chi connectivity index (χ2n) is 6.05. The van der Waals surface area contributed by atoms with Gasteiger partial charge in [-0.1, -0.05) is 18.2 Å². The number of amides is 1. The number of carbonyl (C=O) groups is 2. The zero-order chi connectivity index (χ0) is 18.8. The molecule has 1 atom stereocenters. The van der Waals surface area contributed by atoms with Crippen molar-refractivity contribution in [2.75, 3.05) is 17.2 Å². The number of nitro groups is 1. The molecule has 0 spiro atoms. The number of nitro benzene ring substituents is 1. The molecule has 1 heterocycles. The van der Waals surface area contributed by atoms with Gasteiger partial charge < -0.3 is 15.4 Å². The van der Waals surface area contributed by atoms with Gasteiger partial charge in [0.1, 0.15) is 0 Å². The molecule has 0 radical (unpaired) electrons. The summed E-state index contributed by atoms with van der Waals surface area (Å²) in [5.74, 6) is -1.14. The van der Waals surface area contributed by atoms with Gasteiger partial charge in [0, 0.05) is 23.9 Å². The van der Waals surface area contributed by atoms with Crippen molar-refractivity contribution in [2.45, 2.75) is 19.4 Å². The first-order valence-electron chi connectivity index (χ1n) is 7.99. The molecule has 3 rings (SSSR count). The number of anilines is 2. The topological polar surface area (TPSA) is 116 Å². The maximum Gasteiger partial charge on any atom is 0.340 e. The van der Waals surface area contributed by atoms with E-state index in [9.17, 15) is 19.7 Å². The SMILES string of the molecule is C[C@@H]1Cc2ccccc2N1C(=O)COC(=O)c1ccc([N+](=O)[O-])cc1N. The smallest absolute Gasteiger partial charge is 0.340 e. The summed E-state index contributed by atoms with van der Waals surface area (Å²) >= 11 is 0. The molecule has 1 amide bonds. The lowest BCUT2D eigenvalue weighted by atomic mass is 10.1. The number of rotatable bonds is 4. The van der Waals surface area contributed by atoms with Crippen LogP contribution in [0.15, 0.2) is 42.5 Å². The monoisotopic (exact) mass is 355 g/mol. The summed E-state index contributed by atoms with van der Waals surface area (Å²) in [4.78, 5) is 36.4. The van der Waals surface area contributed by atoms with E-state index in [0.29, 0.717) is 0 Å². The van der Waals surface area contributed by atoms with Crippen LogP contribution in [0.4, 0.5) is 17.1 Å². The van der Waals surface area contributed by atoms with Gasteiger partial charge in [0.25, 0.3) is 11.6 Å². The van der Waals surface area contributed by atoms with Crippen LogP contribution in [0, 0.1) is 10.1 Å². The summed E-state index contributed by atoms with van der Waals surface area (Å²) in [6.45, 7) is 1.49. The van der Waals surface area contributed by atoms with Crippen LogP contribution in [-0.2, 0) is 16.0 Å². The summed E-state index contributed by atoms with van der Waals surface area (Å²) in [5.41, 5.74) is 7.25. The third-order valence-corrected chi connectivity index (χ3v) is 4.27. The number of benzene rings is 2. The number of fused-ring (bicyclic) bond motifs is 1. The minimum Gasteiger partial charge on any atom is -0.452 e. The van der Waals surface area contributed by atoms with E-state index in [0.717, 1.165) is 29.8 Å². The Morgan fingerprint density at radius 3 is 2.73 bits per heavy atom. The Morgan fingerprint density at radius 1 is 1.31 bits per heavy atom. The summed E-state index contributed by atoms with van der Waals surface area (Å²) < 4.78 is 5.07. The van der Waals surface area contributed by atoms with Gasteiger partial charge in [-0.25, -0.2) is 4.79 Å². The first kappa shape index (κ1) is 17.4. The quantitative estimate of drug-likeness (QED) is 0.389. The van der Waals surface area contributed by atoms with Crippen LogP contribution in [0.25, 0.3) is 0 Å². The molecule has 2 aromatic rings. The second-order valence-corrected chi connectivity index (χ2v) is 6.05. The largest absolute Gasteiger partial charge is 0.452 e. The number of non-ortho nitro benzene ring substituents is 1. The molecule has 0 unspecified atom stereocenters. The van der Waals surface area contributed by atoms with Crippen molar-refractivity contribution >= 4 is 28.9 Å². The van der Waals surface area contributed by atoms with E-state index >= 15 is 0 Å². The second kappa shape index (κ2) is 6.83. The maximum atomic E-state index is 12.5. The van der Waals surface area contributed by atoms with Crippen molar-refractivity contribution in [2.24, 2.45) is 0 Å². The molecule has 26 heavy (non-hydrogen) atoms. The summed E-state index contributed by atoms with van der Waals surface area (Å²) in [6, 6.07) is 11.0. The van der Waals surface area contributed by atoms with Crippen LogP contribution in [0.1, 0.15) is 22.8 Å². The Morgan fingerprint density at radius 2 is 2.04 bits per heavy atom. The van der Waals surface area contributed by atoms with Crippen LogP contribution in [0.2, 0.25) is 0 Å². The fourth-order valence-corrected chi connectivity index (χ4v) is 3.07. The van der Waals surface area contributed by atoms with Gasteiger partial charge in [-0.3, -0.25) is 14.9 Å². The molecule has 0 aliphatic carbocycles. The molecule has 2 N–H and O–H groups in total. The number of para-hydroxylation sites is 1. The molecule has 0 fully saturated rings. The molecule has 0 bridgehead atoms. The molecule has 0 aromatic heterocycles. The van der Waals surface area contributed by atoms with Crippen LogP contribution in [-0.4, -0.2) is 29.4 Å². The van der Waals surface area contributed by atoms with Gasteiger partial charge in [-0.15, -0.1) is 0 Å². The highest BCUT2D eigenvalue weighted by Crippen LogP contribution is 2.31. The molecule has 2 aromatic carbocycles. The van der Waals surface area contributed by atoms with Crippen molar-refractivity contribution in [3.05, 3.63) is 63.7 Å². The van der Waals surface area contributed by atoms with E-state index in [2.05, 4.69) is 0 Å². The molecule has 8 heteroatoms. The predicted molar refractivity (Wildman–Crippen MR) is 94.9 cm³/mol. The zero-order valence-electron chi connectivity index (χ0n) is 14.0. The lowest BCUT2D eigenvalue weighted by Gasteiger charge is -2.22. The maximum absolute atomic E-state index is 12.5. The van der Waals surface area contributed by atoms with Gasteiger partial charge in [0.05, 0.1) is 16.2 Å². The summed E-state index contributed by atoms with van der Waals surface area (Å²) in [7, 11) is 0. The Hall–Kier alpha value is -3.42. The van der Waals surface area contributed by atoms with E-state index in [1.54, 1.807) is 4.90 Å². The summed E-state index contributed by atoms with van der Waals surface area (Å²) in [5, 5.41) is 10.7. The van der Waals surface area contributed by atoms with Gasteiger partial charge in [0.15, 0.2) is 6.61 Å². The van der Waals surface area contributed by atoms with Crippen LogP contribution >= 0.6 is 0 Å². The van der Waals surface area contributed by atoms with Gasteiger partial charge in [0.2, 0.25) is 0 Å². The minimum absolute atomic E-state index is 0.0155. The first-order chi connectivity index (χ1) is 12.4. The highest BCUT2D eigenvalue weighted by atomic mass is 16.6. The number of ether oxygens (including phenoxy) is 1. The van der Waals surface area contributed by atoms with Crippen LogP contribution in [0.3, 0.4) is 0 Å². The highest BCUT2D eigenvalue weighted by molar-refractivity contribution is 6.00. The first-order valence-corrected chi connectivity index (χ1v) is 7.99. The molecule has 1 aliphatic rings. The number of esters is 1. The van der Waals surface area contributed by atoms with Crippen molar-refractivity contribution in [1.29, 1.82) is 0 Å². The van der Waals surface area contributed by atoms with Crippen LogP contribution in [0.5, 0.6) is 0 Å². The predicted octanol–water partition coefficient (Wildman–Crippen LogP) is 2.31. The molecule has 134 valence electrons. The average molecular weight is 355 g/mol. The lowest BCUT2D eigenvalue weighted by molar-refractivity contribution is -0.384. The number of nitrogens with zero attached hydrogens (tertiary/aromatic N) is 2. The molecule has 0 saturated heterocycles. The number of hydrogen-bond donors (Lipinski definition) is 1. The van der Waals surface area contributed by atoms with Gasteiger partial charge >= 0.3 is 5.97 Å². The van der Waals surface area contributed by atoms with Crippen molar-refractivity contribution in [1.82, 2.24) is 0 Å². The zero-order valence-corrected chi connectivity index (χ0v) is 14.0. The molecule has 0 saturated carbocycles. The summed E-state index contributed by atoms with van der Waals surface area (Å²) in [6.07, 6.45) is 0.741. The van der Waals surface area contributed by atoms with Crippen molar-refractivity contribution in [3.63, 3.8) is 0 Å². The molecule has 8 nitrogen and oxygen atoms in total. The normalized spacial score (nSPS) is 15.4. The van der Waals surface area contributed by atoms with Gasteiger partial charge in [-0.2, -0.15) is 0 Å². The van der Waals surface area contributed by atoms with Crippen LogP contribution < -0.4 is 10.6 Å². The van der Waals surface area contributed by atoms with Gasteiger partial charge in [-0.05, 0) is 31.0 Å². The van der Waals surface area contributed by atoms with Crippen molar-refractivity contribution in [3.8, 4) is 0 Å². The Labute approximate surface area is 149 Å². The standard InChI is InChI=1S/C18H17N3O5/c1-11-8-12-4-2-3-5-16(12)20(11)17(22)10-26-18(23)14-7-6-13(21(24)25)9-15(14)19/h2-7,9,11H,8,10,19H2,1H3/t11-/m1/s1. The average Bonchev–Trinajstić information content (AvgIpc) is 2.95. The third kappa shape index (κ3) is 3.21. The van der Waals surface area contributed by atoms with E-state index in [1.807, 2.05) is 31.2 Å². The number of nitrogens with two attached hydrogens (primary N) is 1. The Bertz CT molecular complexity index is 896. The number of carbonyl (C=O) groups excluding carboxylic acids is 2. The fourth-order valence-electron chi connectivity index (χ4n) is 3.07. The van der Waals surface area contributed by atoms with Crippen molar-refractivity contribution < 1.29 is 19.2 Å². The lowest BCUT2D eigenvalue weighted by Crippen LogP contribution is -2.38. The van der Waals surface area contributed by atoms with E-state index < -0.39 is 17.5 Å². The Kier molecular flexibility index (Phi) is 4.57.